The minimum absolute atomic E-state index is 0.138. The molecule has 0 atom stereocenters. The molecule has 1 amide bonds. The summed E-state index contributed by atoms with van der Waals surface area (Å²) in [6, 6.07) is 11.4. The SMILES string of the molecule is Cc1ccc(NC(=O)CNc2ccc(Br)c(C)c2)c(Cl)c1. The van der Waals surface area contributed by atoms with Crippen LogP contribution in [0.1, 0.15) is 11.1 Å². The highest BCUT2D eigenvalue weighted by Crippen LogP contribution is 2.23. The van der Waals surface area contributed by atoms with E-state index < -0.39 is 0 Å². The molecule has 0 fully saturated rings. The highest BCUT2D eigenvalue weighted by molar-refractivity contribution is 9.10. The van der Waals surface area contributed by atoms with Gasteiger partial charge in [-0.05, 0) is 55.3 Å². The maximum absolute atomic E-state index is 11.9. The zero-order valence-electron chi connectivity index (χ0n) is 11.8. The van der Waals surface area contributed by atoms with Crippen molar-refractivity contribution in [3.05, 3.63) is 57.0 Å². The first-order valence-corrected chi connectivity index (χ1v) is 7.69. The molecule has 2 aromatic carbocycles. The summed E-state index contributed by atoms with van der Waals surface area (Å²) < 4.78 is 1.05. The molecule has 0 radical (unpaired) electrons. The lowest BCUT2D eigenvalue weighted by Gasteiger charge is -2.10. The van der Waals surface area contributed by atoms with Crippen LogP contribution in [0.25, 0.3) is 0 Å². The second-order valence-electron chi connectivity index (χ2n) is 4.85. The number of amides is 1. The van der Waals surface area contributed by atoms with Crippen LogP contribution in [0.3, 0.4) is 0 Å². The molecule has 0 aromatic heterocycles. The maximum Gasteiger partial charge on any atom is 0.243 e. The van der Waals surface area contributed by atoms with Gasteiger partial charge in [-0.3, -0.25) is 4.79 Å². The van der Waals surface area contributed by atoms with Gasteiger partial charge in [0, 0.05) is 10.2 Å². The summed E-state index contributed by atoms with van der Waals surface area (Å²) >= 11 is 9.53. The van der Waals surface area contributed by atoms with E-state index in [0.29, 0.717) is 10.7 Å². The molecule has 0 aliphatic heterocycles. The van der Waals surface area contributed by atoms with E-state index in [0.717, 1.165) is 21.3 Å². The van der Waals surface area contributed by atoms with Crippen molar-refractivity contribution >= 4 is 44.8 Å². The number of hydrogen-bond donors (Lipinski definition) is 2. The number of carbonyl (C=O) groups excluding carboxylic acids is 1. The largest absolute Gasteiger partial charge is 0.376 e. The fraction of sp³-hybridized carbons (Fsp3) is 0.188. The summed E-state index contributed by atoms with van der Waals surface area (Å²) in [6.07, 6.45) is 0. The van der Waals surface area contributed by atoms with Crippen molar-refractivity contribution in [3.63, 3.8) is 0 Å². The third-order valence-corrected chi connectivity index (χ3v) is 4.21. The Bertz CT molecular complexity index is 673. The monoisotopic (exact) mass is 366 g/mol. The zero-order chi connectivity index (χ0) is 15.4. The molecule has 2 aromatic rings. The minimum Gasteiger partial charge on any atom is -0.376 e. The lowest BCUT2D eigenvalue weighted by Crippen LogP contribution is -2.21. The topological polar surface area (TPSA) is 41.1 Å². The molecule has 0 aliphatic carbocycles. The van der Waals surface area contributed by atoms with Crippen LogP contribution in [0.5, 0.6) is 0 Å². The number of carbonyl (C=O) groups is 1. The van der Waals surface area contributed by atoms with Crippen molar-refractivity contribution in [1.82, 2.24) is 0 Å². The van der Waals surface area contributed by atoms with Gasteiger partial charge in [0.15, 0.2) is 0 Å². The first-order valence-electron chi connectivity index (χ1n) is 6.52. The molecular formula is C16H16BrClN2O. The Morgan fingerprint density at radius 2 is 1.95 bits per heavy atom. The summed E-state index contributed by atoms with van der Waals surface area (Å²) in [7, 11) is 0. The van der Waals surface area contributed by atoms with Crippen LogP contribution in [0.4, 0.5) is 11.4 Å². The normalized spacial score (nSPS) is 10.3. The van der Waals surface area contributed by atoms with Gasteiger partial charge >= 0.3 is 0 Å². The van der Waals surface area contributed by atoms with Gasteiger partial charge in [0.1, 0.15) is 0 Å². The number of aryl methyl sites for hydroxylation is 2. The van der Waals surface area contributed by atoms with E-state index in [1.54, 1.807) is 6.07 Å². The fourth-order valence-electron chi connectivity index (χ4n) is 1.85. The van der Waals surface area contributed by atoms with E-state index in [-0.39, 0.29) is 12.5 Å². The third kappa shape index (κ3) is 4.48. The average Bonchev–Trinajstić information content (AvgIpc) is 2.43. The fourth-order valence-corrected chi connectivity index (χ4v) is 2.38. The predicted octanol–water partition coefficient (Wildman–Crippen LogP) is 4.77. The van der Waals surface area contributed by atoms with Crippen LogP contribution >= 0.6 is 27.5 Å². The third-order valence-electron chi connectivity index (χ3n) is 3.01. The van der Waals surface area contributed by atoms with Crippen molar-refractivity contribution in [2.24, 2.45) is 0 Å². The van der Waals surface area contributed by atoms with E-state index in [4.69, 9.17) is 11.6 Å². The molecule has 0 saturated heterocycles. The molecular weight excluding hydrogens is 352 g/mol. The highest BCUT2D eigenvalue weighted by Gasteiger charge is 2.06. The Labute approximate surface area is 137 Å². The van der Waals surface area contributed by atoms with Gasteiger partial charge in [0.2, 0.25) is 5.91 Å². The Morgan fingerprint density at radius 3 is 2.62 bits per heavy atom. The van der Waals surface area contributed by atoms with Gasteiger partial charge in [0.25, 0.3) is 0 Å². The molecule has 0 aliphatic rings. The highest BCUT2D eigenvalue weighted by atomic mass is 79.9. The number of rotatable bonds is 4. The standard InChI is InChI=1S/C16H16BrClN2O/c1-10-3-6-15(14(18)7-10)20-16(21)9-19-12-4-5-13(17)11(2)8-12/h3-8,19H,9H2,1-2H3,(H,20,21). The van der Waals surface area contributed by atoms with Crippen LogP contribution in [0.15, 0.2) is 40.9 Å². The summed E-state index contributed by atoms with van der Waals surface area (Å²) in [5.41, 5.74) is 3.70. The quantitative estimate of drug-likeness (QED) is 0.817. The molecule has 3 nitrogen and oxygen atoms in total. The van der Waals surface area contributed by atoms with Crippen molar-refractivity contribution in [2.45, 2.75) is 13.8 Å². The Hall–Kier alpha value is -1.52. The summed E-state index contributed by atoms with van der Waals surface area (Å²) in [5, 5.41) is 6.42. The average molecular weight is 368 g/mol. The van der Waals surface area contributed by atoms with Gasteiger partial charge in [-0.2, -0.15) is 0 Å². The first-order chi connectivity index (χ1) is 9.95. The minimum atomic E-state index is -0.138. The summed E-state index contributed by atoms with van der Waals surface area (Å²) in [4.78, 5) is 11.9. The molecule has 110 valence electrons. The molecule has 21 heavy (non-hydrogen) atoms. The number of halogens is 2. The second kappa shape index (κ2) is 6.96. The second-order valence-corrected chi connectivity index (χ2v) is 6.11. The van der Waals surface area contributed by atoms with E-state index in [1.165, 1.54) is 0 Å². The lowest BCUT2D eigenvalue weighted by atomic mass is 10.2. The van der Waals surface area contributed by atoms with E-state index in [9.17, 15) is 4.79 Å². The predicted molar refractivity (Wildman–Crippen MR) is 92.2 cm³/mol. The molecule has 5 heteroatoms. The van der Waals surface area contributed by atoms with Gasteiger partial charge < -0.3 is 10.6 Å². The van der Waals surface area contributed by atoms with E-state index in [2.05, 4.69) is 26.6 Å². The Morgan fingerprint density at radius 1 is 1.19 bits per heavy atom. The maximum atomic E-state index is 11.9. The van der Waals surface area contributed by atoms with Gasteiger partial charge in [-0.25, -0.2) is 0 Å². The molecule has 2 N–H and O–H groups in total. The Kier molecular flexibility index (Phi) is 5.26. The number of nitrogens with one attached hydrogen (secondary N) is 2. The van der Waals surface area contributed by atoms with Gasteiger partial charge in [-0.15, -0.1) is 0 Å². The smallest absolute Gasteiger partial charge is 0.243 e. The molecule has 0 heterocycles. The summed E-state index contributed by atoms with van der Waals surface area (Å²) in [5.74, 6) is -0.138. The van der Waals surface area contributed by atoms with E-state index in [1.807, 2.05) is 44.2 Å². The molecule has 2 rings (SSSR count). The van der Waals surface area contributed by atoms with Crippen molar-refractivity contribution in [3.8, 4) is 0 Å². The number of hydrogen-bond acceptors (Lipinski definition) is 2. The number of benzene rings is 2. The van der Waals surface area contributed by atoms with Crippen LogP contribution in [-0.4, -0.2) is 12.5 Å². The van der Waals surface area contributed by atoms with Crippen LogP contribution < -0.4 is 10.6 Å². The van der Waals surface area contributed by atoms with Crippen LogP contribution in [-0.2, 0) is 4.79 Å². The van der Waals surface area contributed by atoms with Gasteiger partial charge in [-0.1, -0.05) is 33.6 Å². The molecule has 0 unspecified atom stereocenters. The Balaban J connectivity index is 1.94. The van der Waals surface area contributed by atoms with Crippen molar-refractivity contribution < 1.29 is 4.79 Å². The zero-order valence-corrected chi connectivity index (χ0v) is 14.2. The lowest BCUT2D eigenvalue weighted by molar-refractivity contribution is -0.114. The van der Waals surface area contributed by atoms with Crippen LogP contribution in [0.2, 0.25) is 5.02 Å². The molecule has 0 spiro atoms. The van der Waals surface area contributed by atoms with Crippen molar-refractivity contribution in [2.75, 3.05) is 17.2 Å². The summed E-state index contributed by atoms with van der Waals surface area (Å²) in [6.45, 7) is 4.14. The number of anilines is 2. The van der Waals surface area contributed by atoms with Crippen molar-refractivity contribution in [1.29, 1.82) is 0 Å². The van der Waals surface area contributed by atoms with Gasteiger partial charge in [0.05, 0.1) is 17.3 Å². The van der Waals surface area contributed by atoms with Crippen LogP contribution in [0, 0.1) is 13.8 Å². The molecule has 0 bridgehead atoms. The van der Waals surface area contributed by atoms with E-state index >= 15 is 0 Å². The molecule has 0 saturated carbocycles. The first kappa shape index (κ1) is 15.9.